The Bertz CT molecular complexity index is 344. The molecule has 14 heavy (non-hydrogen) atoms. The van der Waals surface area contributed by atoms with Crippen molar-refractivity contribution in [3.8, 4) is 0 Å². The first kappa shape index (κ1) is 10.7. The average Bonchev–Trinajstić information content (AvgIpc) is 2.45. The molecule has 2 N–H and O–H groups in total. The Hall–Kier alpha value is -1.36. The Kier molecular flexibility index (Phi) is 2.90. The summed E-state index contributed by atoms with van der Waals surface area (Å²) in [5, 5.41) is 22.1. The highest BCUT2D eigenvalue weighted by Gasteiger charge is 2.23. The van der Waals surface area contributed by atoms with Crippen LogP contribution in [0, 0.1) is 6.92 Å². The van der Waals surface area contributed by atoms with E-state index in [4.69, 9.17) is 5.11 Å². The minimum atomic E-state index is -1.50. The molecule has 0 bridgehead atoms. The smallest absolute Gasteiger partial charge is 0.338 e. The van der Waals surface area contributed by atoms with Gasteiger partial charge in [-0.1, -0.05) is 0 Å². The highest BCUT2D eigenvalue weighted by molar-refractivity contribution is 5.73. The maximum atomic E-state index is 10.6. The van der Waals surface area contributed by atoms with Gasteiger partial charge in [0.05, 0.1) is 11.9 Å². The zero-order valence-corrected chi connectivity index (χ0v) is 8.43. The van der Waals surface area contributed by atoms with Crippen molar-refractivity contribution in [1.82, 2.24) is 9.78 Å². The molecule has 0 saturated carbocycles. The number of rotatable bonds is 3. The van der Waals surface area contributed by atoms with Crippen LogP contribution < -0.4 is 0 Å². The number of aryl methyl sites for hydroxylation is 1. The average molecular weight is 198 g/mol. The molecule has 1 aromatic heterocycles. The fraction of sp³-hybridized carbons (Fsp3) is 0.556. The third-order valence-corrected chi connectivity index (χ3v) is 2.01. The maximum absolute atomic E-state index is 10.6. The highest BCUT2D eigenvalue weighted by Crippen LogP contribution is 2.20. The summed E-state index contributed by atoms with van der Waals surface area (Å²) in [6.45, 7) is 5.49. The summed E-state index contributed by atoms with van der Waals surface area (Å²) >= 11 is 0. The number of carboxylic acid groups (broad SMARTS) is 1. The molecule has 0 aliphatic heterocycles. The van der Waals surface area contributed by atoms with Crippen molar-refractivity contribution in [2.45, 2.75) is 32.9 Å². The zero-order valence-electron chi connectivity index (χ0n) is 8.43. The van der Waals surface area contributed by atoms with Gasteiger partial charge in [-0.3, -0.25) is 4.68 Å². The molecule has 1 atom stereocenters. The second-order valence-electron chi connectivity index (χ2n) is 3.49. The summed E-state index contributed by atoms with van der Waals surface area (Å²) in [4.78, 5) is 10.6. The van der Waals surface area contributed by atoms with E-state index >= 15 is 0 Å². The van der Waals surface area contributed by atoms with Crippen LogP contribution in [-0.4, -0.2) is 26.0 Å². The van der Waals surface area contributed by atoms with Crippen LogP contribution in [-0.2, 0) is 4.79 Å². The highest BCUT2D eigenvalue weighted by atomic mass is 16.4. The van der Waals surface area contributed by atoms with Crippen LogP contribution in [0.1, 0.15) is 37.3 Å². The van der Waals surface area contributed by atoms with E-state index in [1.165, 1.54) is 4.68 Å². The van der Waals surface area contributed by atoms with Gasteiger partial charge in [0.25, 0.3) is 0 Å². The van der Waals surface area contributed by atoms with Gasteiger partial charge in [-0.05, 0) is 26.3 Å². The molecule has 5 nitrogen and oxygen atoms in total. The van der Waals surface area contributed by atoms with E-state index in [1.54, 1.807) is 13.1 Å². The molecule has 0 amide bonds. The minimum Gasteiger partial charge on any atom is -0.479 e. The van der Waals surface area contributed by atoms with Gasteiger partial charge >= 0.3 is 5.97 Å². The molecule has 0 spiro atoms. The number of hydrogen-bond acceptors (Lipinski definition) is 3. The van der Waals surface area contributed by atoms with Crippen LogP contribution in [0.5, 0.6) is 0 Å². The zero-order chi connectivity index (χ0) is 10.9. The van der Waals surface area contributed by atoms with Gasteiger partial charge in [-0.25, -0.2) is 4.79 Å². The van der Waals surface area contributed by atoms with Gasteiger partial charge in [-0.15, -0.1) is 0 Å². The maximum Gasteiger partial charge on any atom is 0.338 e. The topological polar surface area (TPSA) is 75.3 Å². The SMILES string of the molecule is Cc1cnn(C(C)C)c1C(O)C(=O)O. The van der Waals surface area contributed by atoms with Crippen molar-refractivity contribution in [1.29, 1.82) is 0 Å². The van der Waals surface area contributed by atoms with Crippen molar-refractivity contribution in [2.24, 2.45) is 0 Å². The first-order valence-corrected chi connectivity index (χ1v) is 4.40. The van der Waals surface area contributed by atoms with E-state index in [-0.39, 0.29) is 6.04 Å². The van der Waals surface area contributed by atoms with Gasteiger partial charge in [0.1, 0.15) is 0 Å². The number of aliphatic hydroxyl groups is 1. The lowest BCUT2D eigenvalue weighted by molar-refractivity contribution is -0.147. The second kappa shape index (κ2) is 3.79. The van der Waals surface area contributed by atoms with Gasteiger partial charge in [0.2, 0.25) is 0 Å². The second-order valence-corrected chi connectivity index (χ2v) is 3.49. The van der Waals surface area contributed by atoms with E-state index < -0.39 is 12.1 Å². The number of aliphatic hydroxyl groups excluding tert-OH is 1. The molecule has 1 unspecified atom stereocenters. The summed E-state index contributed by atoms with van der Waals surface area (Å²) in [5.74, 6) is -1.25. The fourth-order valence-corrected chi connectivity index (χ4v) is 1.33. The fourth-order valence-electron chi connectivity index (χ4n) is 1.33. The van der Waals surface area contributed by atoms with Crippen LogP contribution >= 0.6 is 0 Å². The largest absolute Gasteiger partial charge is 0.479 e. The minimum absolute atomic E-state index is 0.0349. The summed E-state index contributed by atoms with van der Waals surface area (Å²) in [6.07, 6.45) is 0.0569. The normalized spacial score (nSPS) is 13.2. The molecule has 0 aliphatic rings. The van der Waals surface area contributed by atoms with Crippen LogP contribution in [0.2, 0.25) is 0 Å². The van der Waals surface area contributed by atoms with E-state index in [2.05, 4.69) is 5.10 Å². The van der Waals surface area contributed by atoms with Crippen LogP contribution in [0.15, 0.2) is 6.20 Å². The Morgan fingerprint density at radius 3 is 2.57 bits per heavy atom. The summed E-state index contributed by atoms with van der Waals surface area (Å²) < 4.78 is 1.52. The van der Waals surface area contributed by atoms with E-state index in [0.29, 0.717) is 11.3 Å². The van der Waals surface area contributed by atoms with Gasteiger partial charge in [0.15, 0.2) is 6.10 Å². The van der Waals surface area contributed by atoms with Gasteiger partial charge in [0, 0.05) is 6.04 Å². The monoisotopic (exact) mass is 198 g/mol. The first-order chi connectivity index (χ1) is 6.45. The lowest BCUT2D eigenvalue weighted by Gasteiger charge is -2.13. The molecule has 0 aliphatic carbocycles. The number of aromatic nitrogens is 2. The van der Waals surface area contributed by atoms with Gasteiger partial charge in [-0.2, -0.15) is 5.10 Å². The van der Waals surface area contributed by atoms with Crippen LogP contribution in [0.25, 0.3) is 0 Å². The number of hydrogen-bond donors (Lipinski definition) is 2. The van der Waals surface area contributed by atoms with E-state index in [1.807, 2.05) is 13.8 Å². The Morgan fingerprint density at radius 2 is 2.14 bits per heavy atom. The van der Waals surface area contributed by atoms with Crippen molar-refractivity contribution in [3.63, 3.8) is 0 Å². The summed E-state index contributed by atoms with van der Waals surface area (Å²) in [5.41, 5.74) is 1.04. The van der Waals surface area contributed by atoms with E-state index in [9.17, 15) is 9.90 Å². The third kappa shape index (κ3) is 1.77. The molecular formula is C9H14N2O3. The van der Waals surface area contributed by atoms with Gasteiger partial charge < -0.3 is 10.2 Å². The molecule has 0 radical (unpaired) electrons. The number of carboxylic acids is 1. The molecule has 1 heterocycles. The molecule has 1 aromatic rings. The van der Waals surface area contributed by atoms with Crippen LogP contribution in [0.3, 0.4) is 0 Å². The lowest BCUT2D eigenvalue weighted by Crippen LogP contribution is -2.18. The molecule has 1 rings (SSSR count). The van der Waals surface area contributed by atoms with Crippen molar-refractivity contribution in [2.75, 3.05) is 0 Å². The number of carbonyl (C=O) groups is 1. The van der Waals surface area contributed by atoms with Crippen molar-refractivity contribution in [3.05, 3.63) is 17.5 Å². The first-order valence-electron chi connectivity index (χ1n) is 4.40. The van der Waals surface area contributed by atoms with Crippen molar-refractivity contribution >= 4 is 5.97 Å². The number of nitrogens with zero attached hydrogens (tertiary/aromatic N) is 2. The molecule has 5 heteroatoms. The molecular weight excluding hydrogens is 184 g/mol. The number of aliphatic carboxylic acids is 1. The Balaban J connectivity index is 3.17. The summed E-state index contributed by atoms with van der Waals surface area (Å²) in [7, 11) is 0. The van der Waals surface area contributed by atoms with Crippen molar-refractivity contribution < 1.29 is 15.0 Å². The molecule has 0 fully saturated rings. The lowest BCUT2D eigenvalue weighted by atomic mass is 10.1. The molecule has 78 valence electrons. The Labute approximate surface area is 82.0 Å². The predicted molar refractivity (Wildman–Crippen MR) is 49.9 cm³/mol. The summed E-state index contributed by atoms with van der Waals surface area (Å²) in [6, 6.07) is 0.0349. The van der Waals surface area contributed by atoms with E-state index in [0.717, 1.165) is 0 Å². The Morgan fingerprint density at radius 1 is 1.57 bits per heavy atom. The quantitative estimate of drug-likeness (QED) is 0.756. The third-order valence-electron chi connectivity index (χ3n) is 2.01. The molecule has 0 saturated heterocycles. The molecule has 0 aromatic carbocycles. The van der Waals surface area contributed by atoms with Crippen LogP contribution in [0.4, 0.5) is 0 Å². The predicted octanol–water partition coefficient (Wildman–Crippen LogP) is 0.890. The standard InChI is InChI=1S/C9H14N2O3/c1-5(2)11-7(6(3)4-10-11)8(12)9(13)14/h4-5,8,12H,1-3H3,(H,13,14).